The third-order valence-electron chi connectivity index (χ3n) is 11.0. The molecular formula is C28H45ClN2O. The smallest absolute Gasteiger partial charge is 0.287 e. The topological polar surface area (TPSA) is 47.6 Å². The average molecular weight is 461 g/mol. The molecule has 4 heteroatoms. The number of halogens is 1. The van der Waals surface area contributed by atoms with Crippen LogP contribution in [0.25, 0.3) is 0 Å². The number of alkyl halides is 1. The second-order valence-corrected chi connectivity index (χ2v) is 13.6. The highest BCUT2D eigenvalue weighted by atomic mass is 35.5. The zero-order valence-electron chi connectivity index (χ0n) is 21.0. The highest BCUT2D eigenvalue weighted by Crippen LogP contribution is 2.70. The lowest BCUT2D eigenvalue weighted by Gasteiger charge is -2.62. The summed E-state index contributed by atoms with van der Waals surface area (Å²) in [5.74, 6) is 4.56. The summed E-state index contributed by atoms with van der Waals surface area (Å²) >= 11 is 6.71. The first kappa shape index (κ1) is 23.1. The van der Waals surface area contributed by atoms with E-state index in [0.29, 0.717) is 23.3 Å². The Morgan fingerprint density at radius 2 is 1.88 bits per heavy atom. The van der Waals surface area contributed by atoms with Crippen LogP contribution >= 0.6 is 11.6 Å². The van der Waals surface area contributed by atoms with Crippen LogP contribution in [-0.4, -0.2) is 17.0 Å². The Balaban J connectivity index is 1.44. The van der Waals surface area contributed by atoms with Gasteiger partial charge in [0.2, 0.25) is 0 Å². The number of allylic oxidation sites excluding steroid dienone is 1. The van der Waals surface area contributed by atoms with E-state index in [1.54, 1.807) is 0 Å². The van der Waals surface area contributed by atoms with Gasteiger partial charge < -0.3 is 10.5 Å². The molecular weight excluding hydrogens is 416 g/mol. The van der Waals surface area contributed by atoms with E-state index in [0.717, 1.165) is 48.6 Å². The molecule has 3 nitrogen and oxygen atoms in total. The lowest BCUT2D eigenvalue weighted by Crippen LogP contribution is -2.62. The van der Waals surface area contributed by atoms with Crippen molar-refractivity contribution in [3.05, 3.63) is 11.8 Å². The number of hydrogen-bond acceptors (Lipinski definition) is 3. The molecule has 3 fully saturated rings. The quantitative estimate of drug-likeness (QED) is 0.438. The molecule has 1 aliphatic heterocycles. The van der Waals surface area contributed by atoms with Gasteiger partial charge in [-0.3, -0.25) is 0 Å². The second kappa shape index (κ2) is 7.92. The minimum Gasteiger partial charge on any atom is -0.451 e. The van der Waals surface area contributed by atoms with Gasteiger partial charge in [0.05, 0.1) is 5.70 Å². The molecule has 3 saturated carbocycles. The first-order valence-corrected chi connectivity index (χ1v) is 13.9. The maximum Gasteiger partial charge on any atom is 0.287 e. The minimum atomic E-state index is -0.390. The van der Waals surface area contributed by atoms with E-state index < -0.39 is 5.60 Å². The Hall–Kier alpha value is -0.700. The summed E-state index contributed by atoms with van der Waals surface area (Å²) in [6.45, 7) is 12.4. The van der Waals surface area contributed by atoms with Crippen LogP contribution in [0.4, 0.5) is 0 Å². The van der Waals surface area contributed by atoms with Crippen molar-refractivity contribution in [2.75, 3.05) is 0 Å². The molecule has 0 bridgehead atoms. The zero-order valence-corrected chi connectivity index (χ0v) is 21.8. The Morgan fingerprint density at radius 1 is 1.09 bits per heavy atom. The predicted octanol–water partition coefficient (Wildman–Crippen LogP) is 7.29. The summed E-state index contributed by atoms with van der Waals surface area (Å²) in [6, 6.07) is 0.359. The normalized spacial score (nSPS) is 48.2. The second-order valence-electron chi connectivity index (χ2n) is 13.0. The van der Waals surface area contributed by atoms with Crippen molar-refractivity contribution in [2.45, 2.75) is 110 Å². The maximum atomic E-state index is 6.71. The molecule has 0 aromatic heterocycles. The highest BCUT2D eigenvalue weighted by molar-refractivity contribution is 6.20. The molecule has 0 saturated heterocycles. The average Bonchev–Trinajstić information content (AvgIpc) is 3.22. The number of nitrogens with two attached hydrogens (primary N) is 1. The van der Waals surface area contributed by atoms with Gasteiger partial charge >= 0.3 is 0 Å². The van der Waals surface area contributed by atoms with E-state index in [2.05, 4.69) is 40.7 Å². The summed E-state index contributed by atoms with van der Waals surface area (Å²) < 4.78 is 6.41. The first-order valence-electron chi connectivity index (χ1n) is 13.5. The van der Waals surface area contributed by atoms with Gasteiger partial charge in [-0.05, 0) is 79.4 Å². The molecule has 9 atom stereocenters. The molecule has 32 heavy (non-hydrogen) atoms. The molecule has 5 rings (SSSR count). The number of nitrogens with zero attached hydrogens (tertiary/aromatic N) is 1. The largest absolute Gasteiger partial charge is 0.451 e. The Labute approximate surface area is 201 Å². The Kier molecular flexibility index (Phi) is 5.71. The van der Waals surface area contributed by atoms with Crippen molar-refractivity contribution in [3.63, 3.8) is 0 Å². The minimum absolute atomic E-state index is 0.0834. The van der Waals surface area contributed by atoms with E-state index in [4.69, 9.17) is 27.1 Å². The number of aliphatic imine (C=N–C) groups is 1. The number of amidine groups is 1. The van der Waals surface area contributed by atoms with Gasteiger partial charge in [-0.25, -0.2) is 0 Å². The van der Waals surface area contributed by atoms with Gasteiger partial charge in [-0.1, -0.05) is 60.0 Å². The van der Waals surface area contributed by atoms with Crippen LogP contribution < -0.4 is 5.73 Å². The molecule has 4 aliphatic carbocycles. The summed E-state index contributed by atoms with van der Waals surface area (Å²) in [4.78, 5) is 4.78. The lowest BCUT2D eigenvalue weighted by molar-refractivity contribution is -0.141. The van der Waals surface area contributed by atoms with E-state index in [1.807, 2.05) is 0 Å². The van der Waals surface area contributed by atoms with Crippen molar-refractivity contribution >= 4 is 17.6 Å². The van der Waals surface area contributed by atoms with Crippen LogP contribution in [-0.2, 0) is 4.74 Å². The molecule has 0 amide bonds. The van der Waals surface area contributed by atoms with Gasteiger partial charge in [0, 0.05) is 17.2 Å². The Bertz CT molecular complexity index is 807. The predicted molar refractivity (Wildman–Crippen MR) is 134 cm³/mol. The molecule has 2 N–H and O–H groups in total. The summed E-state index contributed by atoms with van der Waals surface area (Å²) in [6.07, 6.45) is 15.2. The molecule has 0 radical (unpaired) electrons. The third-order valence-corrected chi connectivity index (χ3v) is 11.4. The van der Waals surface area contributed by atoms with Crippen molar-refractivity contribution in [1.29, 1.82) is 0 Å². The van der Waals surface area contributed by atoms with Crippen LogP contribution in [0.15, 0.2) is 16.8 Å². The van der Waals surface area contributed by atoms with Crippen LogP contribution in [0.2, 0.25) is 0 Å². The number of fused-ring (bicyclic) bond motifs is 4. The first-order chi connectivity index (χ1) is 15.1. The summed E-state index contributed by atoms with van der Waals surface area (Å²) in [5, 5.41) is 0.153. The number of ether oxygens (including phenoxy) is 1. The lowest BCUT2D eigenvalue weighted by atomic mass is 9.44. The van der Waals surface area contributed by atoms with Crippen molar-refractivity contribution in [3.8, 4) is 0 Å². The van der Waals surface area contributed by atoms with Gasteiger partial charge in [-0.15, -0.1) is 11.6 Å². The fourth-order valence-corrected chi connectivity index (χ4v) is 9.68. The zero-order chi connectivity index (χ0) is 22.9. The van der Waals surface area contributed by atoms with Crippen LogP contribution in [0.1, 0.15) is 98.8 Å². The van der Waals surface area contributed by atoms with E-state index in [-0.39, 0.29) is 10.8 Å². The molecule has 1 spiro atoms. The maximum absolute atomic E-state index is 6.71. The molecule has 180 valence electrons. The fourth-order valence-electron chi connectivity index (χ4n) is 9.36. The van der Waals surface area contributed by atoms with Crippen molar-refractivity contribution in [2.24, 2.45) is 57.1 Å². The number of rotatable bonds is 5. The summed E-state index contributed by atoms with van der Waals surface area (Å²) in [7, 11) is 0. The molecule has 0 aromatic rings. The molecule has 1 heterocycles. The SMILES string of the molecule is CC(C)CCC[C@@H](C)[C@H]1CC[C@H]2[C@@H]3C=C4N=C(N)OC45C[C@@H](Cl)CC[C@]5(C)[C@H]3CC[C@]12C. The van der Waals surface area contributed by atoms with Crippen molar-refractivity contribution < 1.29 is 4.74 Å². The third kappa shape index (κ3) is 3.23. The van der Waals surface area contributed by atoms with Gasteiger partial charge in [0.25, 0.3) is 6.02 Å². The van der Waals surface area contributed by atoms with E-state index in [9.17, 15) is 0 Å². The van der Waals surface area contributed by atoms with Crippen LogP contribution in [0, 0.1) is 46.3 Å². The van der Waals surface area contributed by atoms with Crippen LogP contribution in [0.3, 0.4) is 0 Å². The number of hydrogen-bond donors (Lipinski definition) is 1. The van der Waals surface area contributed by atoms with E-state index >= 15 is 0 Å². The van der Waals surface area contributed by atoms with Gasteiger partial charge in [-0.2, -0.15) is 4.99 Å². The van der Waals surface area contributed by atoms with Gasteiger partial charge in [0.15, 0.2) is 5.60 Å². The molecule has 0 aromatic carbocycles. The van der Waals surface area contributed by atoms with Gasteiger partial charge in [0.1, 0.15) is 0 Å². The van der Waals surface area contributed by atoms with Crippen molar-refractivity contribution in [1.82, 2.24) is 0 Å². The highest BCUT2D eigenvalue weighted by Gasteiger charge is 2.68. The van der Waals surface area contributed by atoms with E-state index in [1.165, 1.54) is 44.9 Å². The monoisotopic (exact) mass is 460 g/mol. The Morgan fingerprint density at radius 3 is 2.62 bits per heavy atom. The summed E-state index contributed by atoms with van der Waals surface area (Å²) in [5.41, 5.74) is 7.46. The molecule has 5 aliphatic rings. The fraction of sp³-hybridized carbons (Fsp3) is 0.893. The van der Waals surface area contributed by atoms with Crippen LogP contribution in [0.5, 0.6) is 0 Å². The standard InChI is InChI=1S/C28H45ClN2O/c1-17(2)7-6-8-18(3)21-9-10-22-20-15-24-28(32-25(30)31-24)16-19(29)11-14-27(28,5)23(20)12-13-26(21,22)4/h15,17-23H,6-14,16H2,1-5H3,(H2,30,31)/t18-,19+,20+,21-,22+,23+,26-,27-,28?/m1/s1. The molecule has 1 unspecified atom stereocenters.